The molecule has 1 aromatic rings. The molecule has 1 aliphatic rings. The number of hydrogen-bond acceptors (Lipinski definition) is 4. The number of pyridine rings is 1. The van der Waals surface area contributed by atoms with Gasteiger partial charge < -0.3 is 10.4 Å². The summed E-state index contributed by atoms with van der Waals surface area (Å²) in [5.41, 5.74) is 1.20. The minimum absolute atomic E-state index is 0.228. The van der Waals surface area contributed by atoms with Crippen LogP contribution in [0, 0.1) is 0 Å². The van der Waals surface area contributed by atoms with Crippen LogP contribution in [0.5, 0.6) is 0 Å². The Morgan fingerprint density at radius 1 is 1.56 bits per heavy atom. The van der Waals surface area contributed by atoms with Gasteiger partial charge in [-0.15, -0.1) is 0 Å². The van der Waals surface area contributed by atoms with Gasteiger partial charge in [0.25, 0.3) is 0 Å². The van der Waals surface area contributed by atoms with Crippen molar-refractivity contribution in [1.82, 2.24) is 9.88 Å². The van der Waals surface area contributed by atoms with Crippen molar-refractivity contribution in [3.63, 3.8) is 0 Å². The second kappa shape index (κ2) is 5.27. The first-order valence-electron chi connectivity index (χ1n) is 5.81. The van der Waals surface area contributed by atoms with Crippen molar-refractivity contribution < 1.29 is 5.11 Å². The van der Waals surface area contributed by atoms with Crippen molar-refractivity contribution in [1.29, 1.82) is 0 Å². The van der Waals surface area contributed by atoms with Gasteiger partial charge in [0.05, 0.1) is 6.61 Å². The van der Waals surface area contributed by atoms with Gasteiger partial charge >= 0.3 is 0 Å². The maximum Gasteiger partial charge on any atom is 0.130 e. The Kier molecular flexibility index (Phi) is 3.74. The van der Waals surface area contributed by atoms with Crippen LogP contribution in [0.1, 0.15) is 18.4 Å². The molecule has 88 valence electrons. The molecule has 1 aliphatic carbocycles. The third-order valence-corrected chi connectivity index (χ3v) is 2.95. The molecule has 0 unspecified atom stereocenters. The first kappa shape index (κ1) is 11.4. The Balaban J connectivity index is 2.05. The molecule has 1 fully saturated rings. The van der Waals surface area contributed by atoms with Crippen LogP contribution in [-0.4, -0.2) is 41.2 Å². The maximum absolute atomic E-state index is 9.04. The van der Waals surface area contributed by atoms with Gasteiger partial charge in [-0.1, -0.05) is 6.07 Å². The Morgan fingerprint density at radius 3 is 3.00 bits per heavy atom. The normalized spacial score (nSPS) is 15.4. The van der Waals surface area contributed by atoms with Crippen LogP contribution in [-0.2, 0) is 6.54 Å². The number of nitrogens with zero attached hydrogens (tertiary/aromatic N) is 2. The highest BCUT2D eigenvalue weighted by atomic mass is 16.3. The molecule has 0 bridgehead atoms. The zero-order valence-corrected chi connectivity index (χ0v) is 9.69. The molecule has 0 radical (unpaired) electrons. The standard InChI is InChI=1S/C12H19N3O/c1-13-12-10(3-2-6-14-12)9-15(7-8-16)11-4-5-11/h2-3,6,11,16H,4-5,7-9H2,1H3,(H,13,14). The van der Waals surface area contributed by atoms with Gasteiger partial charge in [-0.2, -0.15) is 0 Å². The Labute approximate surface area is 96.3 Å². The van der Waals surface area contributed by atoms with E-state index in [0.29, 0.717) is 6.04 Å². The van der Waals surface area contributed by atoms with Crippen molar-refractivity contribution >= 4 is 5.82 Å². The van der Waals surface area contributed by atoms with Crippen LogP contribution < -0.4 is 5.32 Å². The van der Waals surface area contributed by atoms with Gasteiger partial charge in [-0.05, 0) is 18.9 Å². The predicted molar refractivity (Wildman–Crippen MR) is 64.3 cm³/mol. The molecule has 2 N–H and O–H groups in total. The van der Waals surface area contributed by atoms with Gasteiger partial charge in [0.1, 0.15) is 5.82 Å². The van der Waals surface area contributed by atoms with Crippen LogP contribution in [0.15, 0.2) is 18.3 Å². The molecule has 1 aromatic heterocycles. The van der Waals surface area contributed by atoms with E-state index in [2.05, 4.69) is 21.3 Å². The molecule has 1 heterocycles. The summed E-state index contributed by atoms with van der Waals surface area (Å²) in [5.74, 6) is 0.936. The van der Waals surface area contributed by atoms with E-state index < -0.39 is 0 Å². The van der Waals surface area contributed by atoms with Gasteiger partial charge in [0, 0.05) is 37.9 Å². The quantitative estimate of drug-likeness (QED) is 0.754. The van der Waals surface area contributed by atoms with Crippen LogP contribution in [0.3, 0.4) is 0 Å². The number of nitrogens with one attached hydrogen (secondary N) is 1. The summed E-state index contributed by atoms with van der Waals surface area (Å²) >= 11 is 0. The van der Waals surface area contributed by atoms with Gasteiger partial charge in [0.15, 0.2) is 0 Å². The van der Waals surface area contributed by atoms with Crippen LogP contribution in [0.2, 0.25) is 0 Å². The largest absolute Gasteiger partial charge is 0.395 e. The van der Waals surface area contributed by atoms with E-state index in [9.17, 15) is 0 Å². The smallest absolute Gasteiger partial charge is 0.130 e. The van der Waals surface area contributed by atoms with Crippen molar-refractivity contribution in [3.8, 4) is 0 Å². The lowest BCUT2D eigenvalue weighted by Crippen LogP contribution is -2.29. The van der Waals surface area contributed by atoms with E-state index in [1.54, 1.807) is 6.20 Å². The number of hydrogen-bond donors (Lipinski definition) is 2. The highest BCUT2D eigenvalue weighted by molar-refractivity contribution is 5.42. The summed E-state index contributed by atoms with van der Waals surface area (Å²) in [7, 11) is 1.89. The minimum atomic E-state index is 0.228. The number of rotatable bonds is 6. The molecular weight excluding hydrogens is 202 g/mol. The van der Waals surface area contributed by atoms with E-state index in [-0.39, 0.29) is 6.61 Å². The highest BCUT2D eigenvalue weighted by Crippen LogP contribution is 2.28. The zero-order valence-electron chi connectivity index (χ0n) is 9.69. The fourth-order valence-electron chi connectivity index (χ4n) is 1.97. The Hall–Kier alpha value is -1.13. The van der Waals surface area contributed by atoms with Gasteiger partial charge in [-0.3, -0.25) is 4.90 Å². The maximum atomic E-state index is 9.04. The molecule has 1 saturated carbocycles. The SMILES string of the molecule is CNc1ncccc1CN(CCO)C1CC1. The average Bonchev–Trinajstić information content (AvgIpc) is 3.13. The third-order valence-electron chi connectivity index (χ3n) is 2.95. The lowest BCUT2D eigenvalue weighted by atomic mass is 10.2. The van der Waals surface area contributed by atoms with Crippen molar-refractivity contribution in [3.05, 3.63) is 23.9 Å². The van der Waals surface area contributed by atoms with Crippen molar-refractivity contribution in [2.45, 2.75) is 25.4 Å². The molecule has 4 nitrogen and oxygen atoms in total. The van der Waals surface area contributed by atoms with Crippen LogP contribution in [0.25, 0.3) is 0 Å². The summed E-state index contributed by atoms with van der Waals surface area (Å²) in [6, 6.07) is 4.71. The average molecular weight is 221 g/mol. The fourth-order valence-corrected chi connectivity index (χ4v) is 1.97. The molecule has 0 saturated heterocycles. The predicted octanol–water partition coefficient (Wildman–Crippen LogP) is 1.08. The molecular formula is C12H19N3O. The van der Waals surface area contributed by atoms with Crippen LogP contribution >= 0.6 is 0 Å². The fraction of sp³-hybridized carbons (Fsp3) is 0.583. The molecule has 0 aliphatic heterocycles. The van der Waals surface area contributed by atoms with Gasteiger partial charge in [0.2, 0.25) is 0 Å². The second-order valence-electron chi connectivity index (χ2n) is 4.19. The second-order valence-corrected chi connectivity index (χ2v) is 4.19. The number of aliphatic hydroxyl groups excluding tert-OH is 1. The lowest BCUT2D eigenvalue weighted by Gasteiger charge is -2.21. The van der Waals surface area contributed by atoms with Crippen molar-refractivity contribution in [2.24, 2.45) is 0 Å². The van der Waals surface area contributed by atoms with E-state index in [1.807, 2.05) is 13.1 Å². The summed E-state index contributed by atoms with van der Waals surface area (Å²) < 4.78 is 0. The summed E-state index contributed by atoms with van der Waals surface area (Å²) in [5, 5.41) is 12.1. The van der Waals surface area contributed by atoms with E-state index in [0.717, 1.165) is 18.9 Å². The molecule has 4 heteroatoms. The minimum Gasteiger partial charge on any atom is -0.395 e. The van der Waals surface area contributed by atoms with E-state index >= 15 is 0 Å². The summed E-state index contributed by atoms with van der Waals surface area (Å²) in [4.78, 5) is 6.62. The molecule has 0 spiro atoms. The molecule has 2 rings (SSSR count). The highest BCUT2D eigenvalue weighted by Gasteiger charge is 2.28. The number of anilines is 1. The number of aromatic nitrogens is 1. The third kappa shape index (κ3) is 2.71. The Morgan fingerprint density at radius 2 is 2.38 bits per heavy atom. The van der Waals surface area contributed by atoms with E-state index in [1.165, 1.54) is 18.4 Å². The van der Waals surface area contributed by atoms with Gasteiger partial charge in [-0.25, -0.2) is 4.98 Å². The molecule has 0 atom stereocenters. The van der Waals surface area contributed by atoms with Crippen molar-refractivity contribution in [2.75, 3.05) is 25.5 Å². The summed E-state index contributed by atoms with van der Waals surface area (Å²) in [6.45, 7) is 1.85. The topological polar surface area (TPSA) is 48.4 Å². The zero-order chi connectivity index (χ0) is 11.4. The first-order valence-corrected chi connectivity index (χ1v) is 5.81. The monoisotopic (exact) mass is 221 g/mol. The molecule has 0 aromatic carbocycles. The first-order chi connectivity index (χ1) is 7.85. The van der Waals surface area contributed by atoms with E-state index in [4.69, 9.17) is 5.11 Å². The molecule has 0 amide bonds. The number of aliphatic hydroxyl groups is 1. The lowest BCUT2D eigenvalue weighted by molar-refractivity contribution is 0.183. The summed E-state index contributed by atoms with van der Waals surface area (Å²) in [6.07, 6.45) is 4.31. The Bertz CT molecular complexity index is 339. The molecule has 16 heavy (non-hydrogen) atoms. The van der Waals surface area contributed by atoms with Crippen LogP contribution in [0.4, 0.5) is 5.82 Å².